The fourth-order valence-electron chi connectivity index (χ4n) is 1.88. The molecule has 1 heterocycles. The van der Waals surface area contributed by atoms with Crippen molar-refractivity contribution in [3.05, 3.63) is 52.4 Å². The largest absolute Gasteiger partial charge is 0.467 e. The summed E-state index contributed by atoms with van der Waals surface area (Å²) in [7, 11) is 1.62. The maximum Gasteiger partial charge on any atom is 0.387 e. The summed E-state index contributed by atoms with van der Waals surface area (Å²) in [6, 6.07) is 8.48. The molecule has 2 aromatic rings. The quantitative estimate of drug-likeness (QED) is 0.345. The van der Waals surface area contributed by atoms with E-state index in [4.69, 9.17) is 4.42 Å². The average molecular weight is 516 g/mol. The van der Waals surface area contributed by atoms with Gasteiger partial charge in [-0.15, -0.1) is 24.0 Å². The fourth-order valence-corrected chi connectivity index (χ4v) is 2.29. The third-order valence-electron chi connectivity index (χ3n) is 2.92. The maximum atomic E-state index is 12.4. The van der Waals surface area contributed by atoms with Crippen molar-refractivity contribution in [3.63, 3.8) is 0 Å². The summed E-state index contributed by atoms with van der Waals surface area (Å²) >= 11 is 3.31. The van der Waals surface area contributed by atoms with Gasteiger partial charge in [-0.2, -0.15) is 8.78 Å². The van der Waals surface area contributed by atoms with Gasteiger partial charge in [0.15, 0.2) is 5.96 Å². The molecular weight excluding hydrogens is 499 g/mol. The van der Waals surface area contributed by atoms with Crippen molar-refractivity contribution in [2.45, 2.75) is 19.7 Å². The molecule has 0 aliphatic heterocycles. The van der Waals surface area contributed by atoms with E-state index in [1.807, 2.05) is 6.07 Å². The van der Waals surface area contributed by atoms with Gasteiger partial charge in [-0.25, -0.2) is 0 Å². The molecule has 0 saturated carbocycles. The number of nitrogens with zero attached hydrogens (tertiary/aromatic N) is 1. The number of nitrogens with one attached hydrogen (secondary N) is 2. The van der Waals surface area contributed by atoms with Crippen LogP contribution < -0.4 is 15.4 Å². The minimum absolute atomic E-state index is 0. The minimum Gasteiger partial charge on any atom is -0.467 e. The number of ether oxygens (including phenoxy) is 1. The predicted molar refractivity (Wildman–Crippen MR) is 102 cm³/mol. The molecule has 0 amide bonds. The van der Waals surface area contributed by atoms with Crippen LogP contribution in [-0.2, 0) is 13.1 Å². The number of furan rings is 1. The molecule has 132 valence electrons. The van der Waals surface area contributed by atoms with Gasteiger partial charge in [0.2, 0.25) is 0 Å². The SMILES string of the molecule is CN=C(NCc1ccco1)NCc1cc(Br)ccc1OC(F)F.I. The summed E-state index contributed by atoms with van der Waals surface area (Å²) in [5.74, 6) is 1.40. The first-order chi connectivity index (χ1) is 11.1. The predicted octanol–water partition coefficient (Wildman–Crippen LogP) is 4.13. The van der Waals surface area contributed by atoms with Crippen LogP contribution in [0.1, 0.15) is 11.3 Å². The van der Waals surface area contributed by atoms with Crippen LogP contribution in [0.15, 0.2) is 50.5 Å². The lowest BCUT2D eigenvalue weighted by atomic mass is 10.2. The fraction of sp³-hybridized carbons (Fsp3) is 0.267. The zero-order valence-corrected chi connectivity index (χ0v) is 16.7. The van der Waals surface area contributed by atoms with Crippen molar-refractivity contribution < 1.29 is 17.9 Å². The van der Waals surface area contributed by atoms with Crippen LogP contribution in [-0.4, -0.2) is 19.6 Å². The van der Waals surface area contributed by atoms with E-state index < -0.39 is 6.61 Å². The van der Waals surface area contributed by atoms with Crippen LogP contribution in [0.25, 0.3) is 0 Å². The number of hydrogen-bond donors (Lipinski definition) is 2. The number of rotatable bonds is 6. The van der Waals surface area contributed by atoms with Gasteiger partial charge >= 0.3 is 6.61 Å². The molecule has 0 atom stereocenters. The van der Waals surface area contributed by atoms with E-state index in [1.54, 1.807) is 31.5 Å². The second-order valence-corrected chi connectivity index (χ2v) is 5.40. The number of aliphatic imine (C=N–C) groups is 1. The van der Waals surface area contributed by atoms with Crippen molar-refractivity contribution in [1.82, 2.24) is 10.6 Å². The summed E-state index contributed by atoms with van der Waals surface area (Å²) < 4.78 is 35.4. The maximum absolute atomic E-state index is 12.4. The molecule has 0 aliphatic carbocycles. The lowest BCUT2D eigenvalue weighted by Crippen LogP contribution is -2.36. The van der Waals surface area contributed by atoms with Crippen molar-refractivity contribution in [1.29, 1.82) is 0 Å². The van der Waals surface area contributed by atoms with E-state index in [0.29, 0.717) is 18.1 Å². The third-order valence-corrected chi connectivity index (χ3v) is 3.41. The number of benzene rings is 1. The Balaban J connectivity index is 0.00000288. The first-order valence-electron chi connectivity index (χ1n) is 6.78. The summed E-state index contributed by atoms with van der Waals surface area (Å²) in [6.07, 6.45) is 1.59. The van der Waals surface area contributed by atoms with Gasteiger partial charge in [0.25, 0.3) is 0 Å². The summed E-state index contributed by atoms with van der Waals surface area (Å²) in [5.41, 5.74) is 0.584. The Morgan fingerprint density at radius 1 is 1.29 bits per heavy atom. The van der Waals surface area contributed by atoms with Gasteiger partial charge in [0.1, 0.15) is 11.5 Å². The Labute approximate surface area is 164 Å². The molecule has 1 aromatic heterocycles. The molecule has 0 unspecified atom stereocenters. The first kappa shape index (κ1) is 20.7. The van der Waals surface area contributed by atoms with E-state index >= 15 is 0 Å². The molecule has 0 saturated heterocycles. The monoisotopic (exact) mass is 515 g/mol. The van der Waals surface area contributed by atoms with Gasteiger partial charge in [0, 0.05) is 23.6 Å². The third kappa shape index (κ3) is 6.63. The Hall–Kier alpha value is -1.36. The van der Waals surface area contributed by atoms with Crippen LogP contribution in [0.3, 0.4) is 0 Å². The highest BCUT2D eigenvalue weighted by Crippen LogP contribution is 2.24. The van der Waals surface area contributed by atoms with Crippen LogP contribution in [0.4, 0.5) is 8.78 Å². The minimum atomic E-state index is -2.87. The molecule has 0 spiro atoms. The molecule has 0 fully saturated rings. The van der Waals surface area contributed by atoms with Crippen LogP contribution >= 0.6 is 39.9 Å². The standard InChI is InChI=1S/C15H16BrF2N3O2.HI/c1-19-15(21-9-12-3-2-6-22-12)20-8-10-7-11(16)4-5-13(10)23-14(17)18;/h2-7,14H,8-9H2,1H3,(H2,19,20,21);1H. The van der Waals surface area contributed by atoms with Gasteiger partial charge in [-0.3, -0.25) is 4.99 Å². The van der Waals surface area contributed by atoms with E-state index in [0.717, 1.165) is 10.2 Å². The summed E-state index contributed by atoms with van der Waals surface area (Å²) in [6.45, 7) is -2.13. The molecule has 0 radical (unpaired) electrons. The molecular formula is C15H17BrF2IN3O2. The number of halogens is 4. The van der Waals surface area contributed by atoms with Gasteiger partial charge in [-0.1, -0.05) is 15.9 Å². The Bertz CT molecular complexity index is 654. The number of alkyl halides is 2. The highest BCUT2D eigenvalue weighted by molar-refractivity contribution is 14.0. The Kier molecular flexibility index (Phi) is 9.04. The molecule has 5 nitrogen and oxygen atoms in total. The normalized spacial score (nSPS) is 11.1. The highest BCUT2D eigenvalue weighted by Gasteiger charge is 2.11. The van der Waals surface area contributed by atoms with Gasteiger partial charge in [-0.05, 0) is 30.3 Å². The average Bonchev–Trinajstić information content (AvgIpc) is 3.03. The highest BCUT2D eigenvalue weighted by atomic mass is 127. The van der Waals surface area contributed by atoms with E-state index in [1.165, 1.54) is 6.07 Å². The Morgan fingerprint density at radius 3 is 2.67 bits per heavy atom. The molecule has 1 aromatic carbocycles. The lowest BCUT2D eigenvalue weighted by Gasteiger charge is -2.14. The zero-order valence-electron chi connectivity index (χ0n) is 12.8. The number of hydrogen-bond acceptors (Lipinski definition) is 3. The topological polar surface area (TPSA) is 58.8 Å². The molecule has 0 aliphatic rings. The molecule has 0 bridgehead atoms. The summed E-state index contributed by atoms with van der Waals surface area (Å²) in [4.78, 5) is 4.07. The smallest absolute Gasteiger partial charge is 0.387 e. The first-order valence-corrected chi connectivity index (χ1v) is 7.58. The van der Waals surface area contributed by atoms with Gasteiger partial charge in [0.05, 0.1) is 12.8 Å². The van der Waals surface area contributed by atoms with Crippen LogP contribution in [0.5, 0.6) is 5.75 Å². The second-order valence-electron chi connectivity index (χ2n) is 4.49. The van der Waals surface area contributed by atoms with Crippen LogP contribution in [0.2, 0.25) is 0 Å². The molecule has 2 N–H and O–H groups in total. The van der Waals surface area contributed by atoms with Crippen LogP contribution in [0, 0.1) is 0 Å². The van der Waals surface area contributed by atoms with Crippen molar-refractivity contribution in [3.8, 4) is 5.75 Å². The van der Waals surface area contributed by atoms with E-state index in [2.05, 4.69) is 36.3 Å². The van der Waals surface area contributed by atoms with Crippen molar-refractivity contribution >= 4 is 45.9 Å². The number of guanidine groups is 1. The van der Waals surface area contributed by atoms with E-state index in [9.17, 15) is 8.78 Å². The Morgan fingerprint density at radius 2 is 2.04 bits per heavy atom. The molecule has 9 heteroatoms. The summed E-state index contributed by atoms with van der Waals surface area (Å²) in [5, 5.41) is 6.10. The lowest BCUT2D eigenvalue weighted by molar-refractivity contribution is -0.0504. The molecule has 2 rings (SSSR count). The zero-order chi connectivity index (χ0) is 16.7. The second kappa shape index (κ2) is 10.5. The molecule has 24 heavy (non-hydrogen) atoms. The van der Waals surface area contributed by atoms with Crippen molar-refractivity contribution in [2.75, 3.05) is 7.05 Å². The van der Waals surface area contributed by atoms with Crippen molar-refractivity contribution in [2.24, 2.45) is 4.99 Å². The van der Waals surface area contributed by atoms with E-state index in [-0.39, 0.29) is 36.3 Å². The van der Waals surface area contributed by atoms with Gasteiger partial charge < -0.3 is 19.8 Å².